The zero-order chi connectivity index (χ0) is 11.5. The normalized spacial score (nSPS) is 22.6. The van der Waals surface area contributed by atoms with E-state index in [1.165, 1.54) is 6.42 Å². The molecule has 16 heavy (non-hydrogen) atoms. The van der Waals surface area contributed by atoms with Gasteiger partial charge in [0.05, 0.1) is 27.8 Å². The SMILES string of the molecule is Cc1nc(C)c(C(O)CCC2CCCO2)s1. The Morgan fingerprint density at radius 2 is 2.38 bits per heavy atom. The summed E-state index contributed by atoms with van der Waals surface area (Å²) in [5.74, 6) is 0. The first-order valence-electron chi connectivity index (χ1n) is 5.90. The molecule has 3 nitrogen and oxygen atoms in total. The molecule has 1 aromatic heterocycles. The fourth-order valence-corrected chi connectivity index (χ4v) is 3.15. The molecular formula is C12H19NO2S. The summed E-state index contributed by atoms with van der Waals surface area (Å²) in [6, 6.07) is 0. The van der Waals surface area contributed by atoms with Crippen LogP contribution < -0.4 is 0 Å². The van der Waals surface area contributed by atoms with Crippen LogP contribution in [0.4, 0.5) is 0 Å². The molecule has 4 heteroatoms. The summed E-state index contributed by atoms with van der Waals surface area (Å²) in [5, 5.41) is 11.1. The second-order valence-corrected chi connectivity index (χ2v) is 5.65. The van der Waals surface area contributed by atoms with Crippen LogP contribution in [0.25, 0.3) is 0 Å². The van der Waals surface area contributed by atoms with E-state index in [9.17, 15) is 5.11 Å². The summed E-state index contributed by atoms with van der Waals surface area (Å²) in [4.78, 5) is 5.36. The van der Waals surface area contributed by atoms with Crippen molar-refractivity contribution >= 4 is 11.3 Å². The number of aliphatic hydroxyl groups is 1. The van der Waals surface area contributed by atoms with E-state index in [2.05, 4.69) is 4.98 Å². The van der Waals surface area contributed by atoms with Gasteiger partial charge < -0.3 is 9.84 Å². The fourth-order valence-electron chi connectivity index (χ4n) is 2.20. The Morgan fingerprint density at radius 1 is 1.56 bits per heavy atom. The van der Waals surface area contributed by atoms with Crippen molar-refractivity contribution in [3.63, 3.8) is 0 Å². The van der Waals surface area contributed by atoms with E-state index in [0.29, 0.717) is 6.10 Å². The van der Waals surface area contributed by atoms with Gasteiger partial charge in [-0.1, -0.05) is 0 Å². The van der Waals surface area contributed by atoms with Crippen molar-refractivity contribution in [2.75, 3.05) is 6.61 Å². The van der Waals surface area contributed by atoms with Crippen LogP contribution in [0.1, 0.15) is 47.4 Å². The van der Waals surface area contributed by atoms with Gasteiger partial charge in [0.2, 0.25) is 0 Å². The van der Waals surface area contributed by atoms with Gasteiger partial charge >= 0.3 is 0 Å². The molecule has 2 heterocycles. The monoisotopic (exact) mass is 241 g/mol. The number of rotatable bonds is 4. The third-order valence-corrected chi connectivity index (χ3v) is 4.20. The molecule has 2 atom stereocenters. The highest BCUT2D eigenvalue weighted by Gasteiger charge is 2.19. The summed E-state index contributed by atoms with van der Waals surface area (Å²) in [6.45, 7) is 4.83. The average molecular weight is 241 g/mol. The van der Waals surface area contributed by atoms with E-state index >= 15 is 0 Å². The van der Waals surface area contributed by atoms with Gasteiger partial charge in [-0.3, -0.25) is 0 Å². The lowest BCUT2D eigenvalue weighted by Crippen LogP contribution is -2.07. The summed E-state index contributed by atoms with van der Waals surface area (Å²) < 4.78 is 5.55. The van der Waals surface area contributed by atoms with Crippen LogP contribution in [-0.4, -0.2) is 22.8 Å². The number of aromatic nitrogens is 1. The van der Waals surface area contributed by atoms with E-state index in [1.807, 2.05) is 13.8 Å². The van der Waals surface area contributed by atoms with Crippen molar-refractivity contribution in [2.45, 2.75) is 51.7 Å². The van der Waals surface area contributed by atoms with Gasteiger partial charge in [0.15, 0.2) is 0 Å². The van der Waals surface area contributed by atoms with Gasteiger partial charge in [-0.15, -0.1) is 11.3 Å². The van der Waals surface area contributed by atoms with Crippen LogP contribution in [0.5, 0.6) is 0 Å². The second-order valence-electron chi connectivity index (χ2n) is 4.41. The molecule has 0 aromatic carbocycles. The number of aryl methyl sites for hydroxylation is 2. The Kier molecular flexibility index (Phi) is 3.95. The molecular weight excluding hydrogens is 222 g/mol. The van der Waals surface area contributed by atoms with Crippen molar-refractivity contribution in [1.82, 2.24) is 4.98 Å². The van der Waals surface area contributed by atoms with Gasteiger partial charge in [-0.05, 0) is 39.5 Å². The van der Waals surface area contributed by atoms with Gasteiger partial charge in [-0.25, -0.2) is 4.98 Å². The minimum absolute atomic E-state index is 0.365. The number of thiazole rings is 1. The number of hydrogen-bond acceptors (Lipinski definition) is 4. The molecule has 1 N–H and O–H groups in total. The Hall–Kier alpha value is -0.450. The van der Waals surface area contributed by atoms with Crippen LogP contribution >= 0.6 is 11.3 Å². The summed E-state index contributed by atoms with van der Waals surface area (Å²) >= 11 is 1.60. The molecule has 1 saturated heterocycles. The number of hydrogen-bond donors (Lipinski definition) is 1. The Labute approximate surface area is 100 Å². The molecule has 0 bridgehead atoms. The third-order valence-electron chi connectivity index (χ3n) is 3.03. The molecule has 1 aromatic rings. The van der Waals surface area contributed by atoms with Crippen LogP contribution in [0.3, 0.4) is 0 Å². The molecule has 0 spiro atoms. The number of nitrogens with zero attached hydrogens (tertiary/aromatic N) is 1. The molecule has 90 valence electrons. The summed E-state index contributed by atoms with van der Waals surface area (Å²) in [5.41, 5.74) is 0.974. The first-order valence-corrected chi connectivity index (χ1v) is 6.72. The lowest BCUT2D eigenvalue weighted by Gasteiger charge is -2.12. The van der Waals surface area contributed by atoms with Crippen molar-refractivity contribution in [3.05, 3.63) is 15.6 Å². The molecule has 0 amide bonds. The van der Waals surface area contributed by atoms with E-state index in [4.69, 9.17) is 4.74 Å². The number of aliphatic hydroxyl groups excluding tert-OH is 1. The minimum Gasteiger partial charge on any atom is -0.388 e. The maximum atomic E-state index is 10.1. The van der Waals surface area contributed by atoms with Gasteiger partial charge in [-0.2, -0.15) is 0 Å². The molecule has 1 aliphatic heterocycles. The fraction of sp³-hybridized carbons (Fsp3) is 0.750. The lowest BCUT2D eigenvalue weighted by molar-refractivity contribution is 0.0818. The topological polar surface area (TPSA) is 42.4 Å². The number of ether oxygens (including phenoxy) is 1. The average Bonchev–Trinajstić information content (AvgIpc) is 2.84. The van der Waals surface area contributed by atoms with Crippen molar-refractivity contribution in [1.29, 1.82) is 0 Å². The molecule has 2 rings (SSSR count). The zero-order valence-corrected chi connectivity index (χ0v) is 10.7. The maximum absolute atomic E-state index is 10.1. The lowest BCUT2D eigenvalue weighted by atomic mass is 10.1. The maximum Gasteiger partial charge on any atom is 0.0901 e. The predicted molar refractivity (Wildman–Crippen MR) is 64.8 cm³/mol. The predicted octanol–water partition coefficient (Wildman–Crippen LogP) is 2.75. The van der Waals surface area contributed by atoms with Crippen LogP contribution in [0.15, 0.2) is 0 Å². The molecule has 0 radical (unpaired) electrons. The van der Waals surface area contributed by atoms with Crippen molar-refractivity contribution in [3.8, 4) is 0 Å². The van der Waals surface area contributed by atoms with Crippen LogP contribution in [-0.2, 0) is 4.74 Å². The summed E-state index contributed by atoms with van der Waals surface area (Å²) in [6.07, 6.45) is 4.05. The zero-order valence-electron chi connectivity index (χ0n) is 9.90. The van der Waals surface area contributed by atoms with Crippen molar-refractivity contribution < 1.29 is 9.84 Å². The highest BCUT2D eigenvalue weighted by Crippen LogP contribution is 2.29. The Balaban J connectivity index is 1.87. The first-order chi connectivity index (χ1) is 7.66. The van der Waals surface area contributed by atoms with E-state index in [1.54, 1.807) is 11.3 Å². The van der Waals surface area contributed by atoms with E-state index < -0.39 is 0 Å². The molecule has 1 fully saturated rings. The first kappa shape index (κ1) is 12.0. The standard InChI is InChI=1S/C12H19NO2S/c1-8-12(16-9(2)13-8)11(14)6-5-10-4-3-7-15-10/h10-11,14H,3-7H2,1-2H3. The van der Waals surface area contributed by atoms with Gasteiger partial charge in [0.1, 0.15) is 0 Å². The smallest absolute Gasteiger partial charge is 0.0901 e. The minimum atomic E-state index is -0.365. The van der Waals surface area contributed by atoms with Gasteiger partial charge in [0.25, 0.3) is 0 Å². The third kappa shape index (κ3) is 2.81. The molecule has 1 aliphatic rings. The Morgan fingerprint density at radius 3 is 2.94 bits per heavy atom. The van der Waals surface area contributed by atoms with Crippen LogP contribution in [0, 0.1) is 13.8 Å². The van der Waals surface area contributed by atoms with E-state index in [0.717, 1.165) is 41.4 Å². The summed E-state index contributed by atoms with van der Waals surface area (Å²) in [7, 11) is 0. The molecule has 0 saturated carbocycles. The quantitative estimate of drug-likeness (QED) is 0.881. The van der Waals surface area contributed by atoms with Gasteiger partial charge in [0, 0.05) is 6.61 Å². The Bertz CT molecular complexity index is 345. The molecule has 2 unspecified atom stereocenters. The highest BCUT2D eigenvalue weighted by atomic mass is 32.1. The van der Waals surface area contributed by atoms with E-state index in [-0.39, 0.29) is 6.10 Å². The van der Waals surface area contributed by atoms with Crippen molar-refractivity contribution in [2.24, 2.45) is 0 Å². The largest absolute Gasteiger partial charge is 0.388 e. The van der Waals surface area contributed by atoms with Crippen LogP contribution in [0.2, 0.25) is 0 Å². The highest BCUT2D eigenvalue weighted by molar-refractivity contribution is 7.11. The second kappa shape index (κ2) is 5.25. The molecule has 0 aliphatic carbocycles.